The Bertz CT molecular complexity index is 716. The SMILES string of the molecule is CCN(CC(=O)O)C1CC(Nc2nnc(Cc3ccc(Cl)cc3)s2)C1. The molecule has 0 atom stereocenters. The zero-order chi connectivity index (χ0) is 17.8. The monoisotopic (exact) mass is 380 g/mol. The molecule has 1 saturated carbocycles. The number of nitrogens with zero attached hydrogens (tertiary/aromatic N) is 3. The van der Waals surface area contributed by atoms with Gasteiger partial charge in [0.1, 0.15) is 5.01 Å². The number of carbonyl (C=O) groups is 1. The van der Waals surface area contributed by atoms with Crippen molar-refractivity contribution in [1.29, 1.82) is 0 Å². The highest BCUT2D eigenvalue weighted by Gasteiger charge is 2.34. The zero-order valence-electron chi connectivity index (χ0n) is 14.0. The molecular formula is C17H21ClN4O2S. The Balaban J connectivity index is 1.48. The van der Waals surface area contributed by atoms with E-state index in [1.54, 1.807) is 11.3 Å². The molecule has 1 fully saturated rings. The number of hydrogen-bond acceptors (Lipinski definition) is 6. The Labute approximate surface area is 155 Å². The fourth-order valence-electron chi connectivity index (χ4n) is 3.01. The van der Waals surface area contributed by atoms with Crippen LogP contribution in [0.15, 0.2) is 24.3 Å². The maximum absolute atomic E-state index is 10.9. The maximum atomic E-state index is 10.9. The van der Waals surface area contributed by atoms with E-state index >= 15 is 0 Å². The Morgan fingerprint density at radius 1 is 1.36 bits per heavy atom. The van der Waals surface area contributed by atoms with Crippen LogP contribution in [0.3, 0.4) is 0 Å². The number of aliphatic carboxylic acids is 1. The van der Waals surface area contributed by atoms with Gasteiger partial charge in [0, 0.05) is 23.5 Å². The van der Waals surface area contributed by atoms with Crippen molar-refractivity contribution < 1.29 is 9.90 Å². The Morgan fingerprint density at radius 3 is 2.72 bits per heavy atom. The van der Waals surface area contributed by atoms with Crippen molar-refractivity contribution in [2.24, 2.45) is 0 Å². The molecule has 25 heavy (non-hydrogen) atoms. The molecule has 0 amide bonds. The standard InChI is InChI=1S/C17H21ClN4O2S/c1-2-22(10-16(23)24)14-8-13(9-14)19-17-21-20-15(25-17)7-11-3-5-12(18)6-4-11/h3-6,13-14H,2,7-10H2,1H3,(H,19,21)(H,23,24). The van der Waals surface area contributed by atoms with Crippen molar-refractivity contribution in [3.05, 3.63) is 39.9 Å². The van der Waals surface area contributed by atoms with E-state index in [1.807, 2.05) is 36.1 Å². The molecule has 1 aliphatic rings. The molecule has 1 aromatic carbocycles. The smallest absolute Gasteiger partial charge is 0.317 e. The summed E-state index contributed by atoms with van der Waals surface area (Å²) in [6.07, 6.45) is 2.62. The van der Waals surface area contributed by atoms with Gasteiger partial charge < -0.3 is 10.4 Å². The Kier molecular flexibility index (Phi) is 5.88. The molecule has 0 unspecified atom stereocenters. The van der Waals surface area contributed by atoms with Crippen LogP contribution in [-0.2, 0) is 11.2 Å². The first-order chi connectivity index (χ1) is 12.0. The lowest BCUT2D eigenvalue weighted by Crippen LogP contribution is -2.51. The van der Waals surface area contributed by atoms with Gasteiger partial charge >= 0.3 is 5.97 Å². The minimum Gasteiger partial charge on any atom is -0.480 e. The number of carboxylic acid groups (broad SMARTS) is 1. The summed E-state index contributed by atoms with van der Waals surface area (Å²) in [5.41, 5.74) is 1.16. The van der Waals surface area contributed by atoms with E-state index in [9.17, 15) is 4.79 Å². The summed E-state index contributed by atoms with van der Waals surface area (Å²) in [5, 5.41) is 23.3. The molecule has 0 aliphatic heterocycles. The van der Waals surface area contributed by atoms with Crippen LogP contribution in [0, 0.1) is 0 Å². The topological polar surface area (TPSA) is 78.4 Å². The van der Waals surface area contributed by atoms with Crippen LogP contribution in [0.2, 0.25) is 5.02 Å². The lowest BCUT2D eigenvalue weighted by molar-refractivity contribution is -0.139. The van der Waals surface area contributed by atoms with Gasteiger partial charge in [-0.3, -0.25) is 9.69 Å². The normalized spacial score (nSPS) is 19.6. The lowest BCUT2D eigenvalue weighted by atomic mass is 9.85. The maximum Gasteiger partial charge on any atom is 0.317 e. The van der Waals surface area contributed by atoms with Crippen LogP contribution in [0.5, 0.6) is 0 Å². The predicted octanol–water partition coefficient (Wildman–Crippen LogP) is 3.13. The van der Waals surface area contributed by atoms with E-state index in [0.29, 0.717) is 12.1 Å². The van der Waals surface area contributed by atoms with Crippen molar-refractivity contribution in [1.82, 2.24) is 15.1 Å². The summed E-state index contributed by atoms with van der Waals surface area (Å²) in [6, 6.07) is 8.42. The number of carboxylic acids is 1. The van der Waals surface area contributed by atoms with E-state index in [4.69, 9.17) is 16.7 Å². The Morgan fingerprint density at radius 2 is 2.08 bits per heavy atom. The van der Waals surface area contributed by atoms with E-state index in [2.05, 4.69) is 15.5 Å². The molecule has 3 rings (SSSR count). The van der Waals surface area contributed by atoms with Gasteiger partial charge in [-0.05, 0) is 37.1 Å². The first kappa shape index (κ1) is 18.1. The number of hydrogen-bond donors (Lipinski definition) is 2. The molecule has 0 saturated heterocycles. The second-order valence-corrected chi connectivity index (χ2v) is 7.73. The summed E-state index contributed by atoms with van der Waals surface area (Å²) in [7, 11) is 0. The van der Waals surface area contributed by atoms with Gasteiger partial charge in [-0.1, -0.05) is 42.0 Å². The van der Waals surface area contributed by atoms with Crippen LogP contribution >= 0.6 is 22.9 Å². The minimum atomic E-state index is -0.769. The molecule has 0 spiro atoms. The molecule has 2 N–H and O–H groups in total. The van der Waals surface area contributed by atoms with E-state index in [0.717, 1.165) is 46.5 Å². The lowest BCUT2D eigenvalue weighted by Gasteiger charge is -2.42. The summed E-state index contributed by atoms with van der Waals surface area (Å²) in [5.74, 6) is -0.769. The number of rotatable bonds is 8. The van der Waals surface area contributed by atoms with Gasteiger partial charge in [-0.15, -0.1) is 10.2 Å². The third kappa shape index (κ3) is 4.90. The summed E-state index contributed by atoms with van der Waals surface area (Å²) in [6.45, 7) is 2.86. The molecule has 1 aromatic heterocycles. The van der Waals surface area contributed by atoms with Gasteiger partial charge in [0.05, 0.1) is 6.54 Å². The second-order valence-electron chi connectivity index (χ2n) is 6.23. The van der Waals surface area contributed by atoms with Gasteiger partial charge in [-0.25, -0.2) is 0 Å². The van der Waals surface area contributed by atoms with Crippen molar-refractivity contribution in [2.45, 2.75) is 38.3 Å². The fourth-order valence-corrected chi connectivity index (χ4v) is 3.99. The molecule has 6 nitrogen and oxygen atoms in total. The molecule has 1 aliphatic carbocycles. The summed E-state index contributed by atoms with van der Waals surface area (Å²) >= 11 is 7.46. The highest BCUT2D eigenvalue weighted by atomic mass is 35.5. The first-order valence-electron chi connectivity index (χ1n) is 8.32. The van der Waals surface area contributed by atoms with Crippen molar-refractivity contribution in [2.75, 3.05) is 18.4 Å². The quantitative estimate of drug-likeness (QED) is 0.732. The van der Waals surface area contributed by atoms with Gasteiger partial charge in [0.25, 0.3) is 0 Å². The van der Waals surface area contributed by atoms with Crippen LogP contribution < -0.4 is 5.32 Å². The zero-order valence-corrected chi connectivity index (χ0v) is 15.6. The summed E-state index contributed by atoms with van der Waals surface area (Å²) in [4.78, 5) is 12.9. The Hall–Kier alpha value is -1.70. The van der Waals surface area contributed by atoms with Crippen molar-refractivity contribution >= 4 is 34.0 Å². The number of anilines is 1. The third-order valence-electron chi connectivity index (χ3n) is 4.44. The van der Waals surface area contributed by atoms with Crippen molar-refractivity contribution in [3.8, 4) is 0 Å². The van der Waals surface area contributed by atoms with Crippen LogP contribution in [0.1, 0.15) is 30.3 Å². The highest BCUT2D eigenvalue weighted by Crippen LogP contribution is 2.30. The number of benzene rings is 1. The molecule has 8 heteroatoms. The van der Waals surface area contributed by atoms with Crippen molar-refractivity contribution in [3.63, 3.8) is 0 Å². The minimum absolute atomic E-state index is 0.109. The number of likely N-dealkylation sites (N-methyl/N-ethyl adjacent to an activating group) is 1. The number of aromatic nitrogens is 2. The van der Waals surface area contributed by atoms with E-state index in [-0.39, 0.29) is 6.54 Å². The van der Waals surface area contributed by atoms with E-state index in [1.165, 1.54) is 0 Å². The predicted molar refractivity (Wildman–Crippen MR) is 99.5 cm³/mol. The molecule has 134 valence electrons. The average Bonchev–Trinajstić information content (AvgIpc) is 2.98. The molecule has 0 bridgehead atoms. The van der Waals surface area contributed by atoms with Gasteiger partial charge in [0.15, 0.2) is 0 Å². The molecular weight excluding hydrogens is 360 g/mol. The average molecular weight is 381 g/mol. The largest absolute Gasteiger partial charge is 0.480 e. The molecule has 0 radical (unpaired) electrons. The van der Waals surface area contributed by atoms with Crippen LogP contribution in [0.4, 0.5) is 5.13 Å². The highest BCUT2D eigenvalue weighted by molar-refractivity contribution is 7.15. The third-order valence-corrected chi connectivity index (χ3v) is 5.54. The number of halogens is 1. The fraction of sp³-hybridized carbons (Fsp3) is 0.471. The van der Waals surface area contributed by atoms with Gasteiger partial charge in [0.2, 0.25) is 5.13 Å². The van der Waals surface area contributed by atoms with E-state index < -0.39 is 5.97 Å². The first-order valence-corrected chi connectivity index (χ1v) is 9.52. The molecule has 2 aromatic rings. The second kappa shape index (κ2) is 8.12. The number of nitrogens with one attached hydrogen (secondary N) is 1. The van der Waals surface area contributed by atoms with Crippen LogP contribution in [0.25, 0.3) is 0 Å². The molecule has 1 heterocycles. The summed E-state index contributed by atoms with van der Waals surface area (Å²) < 4.78 is 0. The van der Waals surface area contributed by atoms with Gasteiger partial charge in [-0.2, -0.15) is 0 Å². The van der Waals surface area contributed by atoms with Crippen LogP contribution in [-0.4, -0.2) is 51.3 Å².